The number of amides is 2. The summed E-state index contributed by atoms with van der Waals surface area (Å²) < 4.78 is 11.9. The quantitative estimate of drug-likeness (QED) is 0.646. The zero-order valence-corrected chi connectivity index (χ0v) is 22.3. The molecule has 1 aromatic heterocycles. The number of carbonyl (C=O) groups excluding carboxylic acids is 1. The molecule has 2 saturated heterocycles. The van der Waals surface area contributed by atoms with Gasteiger partial charge < -0.3 is 34.2 Å². The van der Waals surface area contributed by atoms with E-state index in [0.717, 1.165) is 37.2 Å². The number of anilines is 1. The van der Waals surface area contributed by atoms with Crippen LogP contribution in [0.1, 0.15) is 51.3 Å². The zero-order valence-electron chi connectivity index (χ0n) is 22.3. The van der Waals surface area contributed by atoms with E-state index >= 15 is 0 Å². The van der Waals surface area contributed by atoms with Crippen LogP contribution < -0.4 is 9.64 Å². The molecule has 0 unspecified atom stereocenters. The Morgan fingerprint density at radius 3 is 2.57 bits per heavy atom. The van der Waals surface area contributed by atoms with Gasteiger partial charge in [-0.3, -0.25) is 0 Å². The van der Waals surface area contributed by atoms with Crippen LogP contribution in [0.25, 0.3) is 0 Å². The molecule has 1 aromatic rings. The van der Waals surface area contributed by atoms with E-state index in [2.05, 4.69) is 22.9 Å². The molecule has 1 atom stereocenters. The summed E-state index contributed by atoms with van der Waals surface area (Å²) in [7, 11) is 2.10. The van der Waals surface area contributed by atoms with Crippen molar-refractivity contribution in [2.75, 3.05) is 51.2 Å². The number of rotatable bonds is 4. The molecule has 1 N–H and O–H groups in total. The van der Waals surface area contributed by atoms with Gasteiger partial charge in [-0.15, -0.1) is 0 Å². The van der Waals surface area contributed by atoms with Crippen LogP contribution in [0.15, 0.2) is 6.07 Å². The zero-order chi connectivity index (χ0) is 26.7. The van der Waals surface area contributed by atoms with Crippen LogP contribution in [0.5, 0.6) is 5.88 Å². The standard InChI is InChI=1S/C26H38N6O5/c1-26(2,3)37-25(35)32-14-13-30(16-18(32)5-9-27)22-15-23(36-19-6-10-29(4)11-7-19)28-21-17-31(24(33)34)12-8-20(21)22/h15,18-19H,5-8,10-14,16-17H2,1-4H3,(H,33,34)/t18-/m0/s1. The molecule has 202 valence electrons. The smallest absolute Gasteiger partial charge is 0.410 e. The molecule has 2 amide bonds. The van der Waals surface area contributed by atoms with Crippen LogP contribution in [-0.2, 0) is 17.7 Å². The monoisotopic (exact) mass is 514 g/mol. The fourth-order valence-corrected chi connectivity index (χ4v) is 5.19. The number of fused-ring (bicyclic) bond motifs is 1. The molecule has 2 fully saturated rings. The summed E-state index contributed by atoms with van der Waals surface area (Å²) in [4.78, 5) is 36.8. The van der Waals surface area contributed by atoms with E-state index in [9.17, 15) is 20.0 Å². The van der Waals surface area contributed by atoms with Gasteiger partial charge in [0.2, 0.25) is 5.88 Å². The average Bonchev–Trinajstić information content (AvgIpc) is 2.83. The Morgan fingerprint density at radius 1 is 1.19 bits per heavy atom. The lowest BCUT2D eigenvalue weighted by atomic mass is 10.0. The average molecular weight is 515 g/mol. The van der Waals surface area contributed by atoms with Gasteiger partial charge in [-0.1, -0.05) is 0 Å². The van der Waals surface area contributed by atoms with Crippen LogP contribution in [0.3, 0.4) is 0 Å². The van der Waals surface area contributed by atoms with Gasteiger partial charge in [-0.25, -0.2) is 14.6 Å². The fraction of sp³-hybridized carbons (Fsp3) is 0.692. The largest absolute Gasteiger partial charge is 0.474 e. The number of nitriles is 1. The van der Waals surface area contributed by atoms with Crippen LogP contribution in [0.4, 0.5) is 15.3 Å². The molecule has 0 aliphatic carbocycles. The number of ether oxygens (including phenoxy) is 2. The van der Waals surface area contributed by atoms with Crippen molar-refractivity contribution in [3.05, 3.63) is 17.3 Å². The second-order valence-corrected chi connectivity index (χ2v) is 11.1. The number of hydrogen-bond acceptors (Lipinski definition) is 8. The Hall–Kier alpha value is -3.26. The molecule has 37 heavy (non-hydrogen) atoms. The van der Waals surface area contributed by atoms with E-state index < -0.39 is 17.8 Å². The van der Waals surface area contributed by atoms with Crippen molar-refractivity contribution in [2.24, 2.45) is 0 Å². The Bertz CT molecular complexity index is 1040. The number of pyridine rings is 1. The predicted octanol–water partition coefficient (Wildman–Crippen LogP) is 2.93. The molecule has 3 aliphatic rings. The SMILES string of the molecule is CN1CCC(Oc2cc(N3CCN(C(=O)OC(C)(C)C)[C@@H](CC#N)C3)c3c(n2)CN(C(=O)O)CC3)CC1. The van der Waals surface area contributed by atoms with Crippen molar-refractivity contribution in [3.8, 4) is 11.9 Å². The van der Waals surface area contributed by atoms with Gasteiger partial charge in [-0.2, -0.15) is 5.26 Å². The lowest BCUT2D eigenvalue weighted by Crippen LogP contribution is -2.56. The van der Waals surface area contributed by atoms with E-state index in [4.69, 9.17) is 14.5 Å². The van der Waals surface area contributed by atoms with Crippen LogP contribution >= 0.6 is 0 Å². The number of aromatic nitrogens is 1. The topological polar surface area (TPSA) is 122 Å². The minimum Gasteiger partial charge on any atom is -0.474 e. The Kier molecular flexibility index (Phi) is 7.97. The summed E-state index contributed by atoms with van der Waals surface area (Å²) in [6, 6.07) is 3.85. The second kappa shape index (κ2) is 11.0. The van der Waals surface area contributed by atoms with Gasteiger partial charge in [0.25, 0.3) is 0 Å². The summed E-state index contributed by atoms with van der Waals surface area (Å²) in [5.41, 5.74) is 2.05. The van der Waals surface area contributed by atoms with Gasteiger partial charge in [0, 0.05) is 56.6 Å². The normalized spacial score (nSPS) is 21.3. The first-order valence-electron chi connectivity index (χ1n) is 13.0. The summed E-state index contributed by atoms with van der Waals surface area (Å²) >= 11 is 0. The lowest BCUT2D eigenvalue weighted by Gasteiger charge is -2.43. The Morgan fingerprint density at radius 2 is 1.92 bits per heavy atom. The molecule has 0 bridgehead atoms. The van der Waals surface area contributed by atoms with E-state index in [1.54, 1.807) is 4.90 Å². The number of piperidine rings is 1. The van der Waals surface area contributed by atoms with Gasteiger partial charge in [-0.05, 0) is 47.1 Å². The molecular weight excluding hydrogens is 476 g/mol. The fourth-order valence-electron chi connectivity index (χ4n) is 5.19. The molecule has 0 radical (unpaired) electrons. The van der Waals surface area contributed by atoms with Gasteiger partial charge in [0.15, 0.2) is 0 Å². The van der Waals surface area contributed by atoms with Gasteiger partial charge in [0.1, 0.15) is 11.7 Å². The van der Waals surface area contributed by atoms with E-state index in [1.807, 2.05) is 26.8 Å². The number of piperazine rings is 1. The Balaban J connectivity index is 1.60. The van der Waals surface area contributed by atoms with E-state index in [0.29, 0.717) is 44.2 Å². The van der Waals surface area contributed by atoms with Crippen molar-refractivity contribution >= 4 is 17.9 Å². The van der Waals surface area contributed by atoms with E-state index in [-0.39, 0.29) is 25.1 Å². The number of carbonyl (C=O) groups is 2. The van der Waals surface area contributed by atoms with Crippen molar-refractivity contribution in [2.45, 2.75) is 70.7 Å². The first-order valence-corrected chi connectivity index (χ1v) is 13.0. The van der Waals surface area contributed by atoms with Crippen LogP contribution in [0, 0.1) is 11.3 Å². The second-order valence-electron chi connectivity index (χ2n) is 11.1. The summed E-state index contributed by atoms with van der Waals surface area (Å²) in [6.07, 6.45) is 1.24. The van der Waals surface area contributed by atoms with Gasteiger partial charge in [0.05, 0.1) is 30.8 Å². The van der Waals surface area contributed by atoms with Crippen molar-refractivity contribution in [1.82, 2.24) is 19.7 Å². The Labute approximate surface area is 218 Å². The number of hydrogen-bond donors (Lipinski definition) is 1. The number of nitrogens with zero attached hydrogens (tertiary/aromatic N) is 6. The van der Waals surface area contributed by atoms with Crippen LogP contribution in [-0.4, -0.2) is 101 Å². The number of carboxylic acid groups (broad SMARTS) is 1. The maximum Gasteiger partial charge on any atom is 0.410 e. The third kappa shape index (κ3) is 6.55. The van der Waals surface area contributed by atoms with Crippen molar-refractivity contribution in [1.29, 1.82) is 5.26 Å². The highest BCUT2D eigenvalue weighted by Gasteiger charge is 2.35. The minimum absolute atomic E-state index is 0.0594. The molecule has 11 nitrogen and oxygen atoms in total. The molecular formula is C26H38N6O5. The summed E-state index contributed by atoms with van der Waals surface area (Å²) in [6.45, 7) is 9.46. The van der Waals surface area contributed by atoms with Gasteiger partial charge >= 0.3 is 12.2 Å². The maximum atomic E-state index is 12.9. The predicted molar refractivity (Wildman–Crippen MR) is 137 cm³/mol. The van der Waals surface area contributed by atoms with Crippen molar-refractivity contribution in [3.63, 3.8) is 0 Å². The highest BCUT2D eigenvalue weighted by Crippen LogP contribution is 2.34. The number of likely N-dealkylation sites (tertiary alicyclic amines) is 1. The molecule has 4 heterocycles. The molecule has 11 heteroatoms. The maximum absolute atomic E-state index is 12.9. The molecule has 0 saturated carbocycles. The third-order valence-corrected chi connectivity index (χ3v) is 7.14. The van der Waals surface area contributed by atoms with E-state index in [1.165, 1.54) is 4.90 Å². The van der Waals surface area contributed by atoms with Crippen molar-refractivity contribution < 1.29 is 24.2 Å². The third-order valence-electron chi connectivity index (χ3n) is 7.14. The molecule has 0 aromatic carbocycles. The highest BCUT2D eigenvalue weighted by molar-refractivity contribution is 5.70. The highest BCUT2D eigenvalue weighted by atomic mass is 16.6. The summed E-state index contributed by atoms with van der Waals surface area (Å²) in [5, 5.41) is 19.0. The molecule has 4 rings (SSSR count). The first-order chi connectivity index (χ1) is 17.5. The lowest BCUT2D eigenvalue weighted by molar-refractivity contribution is 0.0145. The first kappa shape index (κ1) is 26.8. The summed E-state index contributed by atoms with van der Waals surface area (Å²) in [5.74, 6) is 0.502. The molecule has 0 spiro atoms. The minimum atomic E-state index is -0.962. The molecule has 3 aliphatic heterocycles. The van der Waals surface area contributed by atoms with Crippen LogP contribution in [0.2, 0.25) is 0 Å².